The molecule has 0 aliphatic heterocycles. The topological polar surface area (TPSA) is 114 Å². The zero-order chi connectivity index (χ0) is 16.7. The highest BCUT2D eigenvalue weighted by Crippen LogP contribution is 2.29. The predicted molar refractivity (Wildman–Crippen MR) is 77.3 cm³/mol. The molecule has 2 aromatic carbocycles. The van der Waals surface area contributed by atoms with Crippen molar-refractivity contribution in [2.75, 3.05) is 0 Å². The summed E-state index contributed by atoms with van der Waals surface area (Å²) in [6, 6.07) is 7.87. The van der Waals surface area contributed by atoms with Crippen molar-refractivity contribution in [1.82, 2.24) is 0 Å². The van der Waals surface area contributed by atoms with Crippen LogP contribution in [0.15, 0.2) is 46.2 Å². The van der Waals surface area contributed by atoms with Gasteiger partial charge >= 0.3 is 0 Å². The molecule has 0 aliphatic rings. The minimum absolute atomic E-state index is 0.329. The van der Waals surface area contributed by atoms with Gasteiger partial charge in [0.2, 0.25) is 0 Å². The number of rotatable bonds is 3. The van der Waals surface area contributed by atoms with Crippen molar-refractivity contribution in [3.05, 3.63) is 47.5 Å². The highest BCUT2D eigenvalue weighted by atomic mass is 32.2. The van der Waals surface area contributed by atoms with Gasteiger partial charge in [0.25, 0.3) is 0 Å². The lowest BCUT2D eigenvalue weighted by Gasteiger charge is -2.15. The van der Waals surface area contributed by atoms with E-state index in [1.807, 2.05) is 0 Å². The van der Waals surface area contributed by atoms with E-state index in [0.29, 0.717) is 22.3 Å². The second-order valence-electron chi connectivity index (χ2n) is 4.86. The van der Waals surface area contributed by atoms with Gasteiger partial charge in [-0.1, -0.05) is 12.1 Å². The van der Waals surface area contributed by atoms with Crippen molar-refractivity contribution in [2.45, 2.75) is 23.6 Å². The molecule has 118 valence electrons. The third kappa shape index (κ3) is 3.36. The van der Waals surface area contributed by atoms with Crippen LogP contribution in [-0.4, -0.2) is 25.9 Å². The van der Waals surface area contributed by atoms with Crippen LogP contribution in [0.3, 0.4) is 0 Å². The highest BCUT2D eigenvalue weighted by Gasteiger charge is 2.10. The van der Waals surface area contributed by atoms with Gasteiger partial charge in [-0.15, -0.1) is 0 Å². The van der Waals surface area contributed by atoms with Crippen LogP contribution in [0.1, 0.15) is 11.1 Å². The van der Waals surface area contributed by atoms with Crippen LogP contribution in [-0.2, 0) is 20.2 Å². The van der Waals surface area contributed by atoms with Crippen LogP contribution in [0.5, 0.6) is 0 Å². The van der Waals surface area contributed by atoms with Crippen molar-refractivity contribution in [2.24, 2.45) is 0 Å². The molecule has 6 nitrogen and oxygen atoms in total. The van der Waals surface area contributed by atoms with Crippen LogP contribution in [0.25, 0.3) is 11.1 Å². The number of hydrogen-bond acceptors (Lipinski definition) is 6. The first-order valence-corrected chi connectivity index (χ1v) is 8.95. The summed E-state index contributed by atoms with van der Waals surface area (Å²) in [6.45, 7) is 3.28. The molecule has 0 radical (unpaired) electrons. The lowest BCUT2D eigenvalue weighted by Crippen LogP contribution is -2.01. The zero-order valence-electron chi connectivity index (χ0n) is 11.7. The minimum Gasteiger partial charge on any atom is -0.744 e. The average molecular weight is 340 g/mol. The number of benzene rings is 2. The lowest BCUT2D eigenvalue weighted by molar-refractivity contribution is 0.460. The van der Waals surface area contributed by atoms with E-state index in [9.17, 15) is 25.9 Å². The largest absolute Gasteiger partial charge is 0.744 e. The van der Waals surface area contributed by atoms with Crippen LogP contribution in [0, 0.1) is 13.8 Å². The van der Waals surface area contributed by atoms with Crippen molar-refractivity contribution >= 4 is 20.2 Å². The Morgan fingerprint density at radius 1 is 0.682 bits per heavy atom. The van der Waals surface area contributed by atoms with E-state index in [1.165, 1.54) is 36.4 Å². The fourth-order valence-corrected chi connectivity index (χ4v) is 3.30. The van der Waals surface area contributed by atoms with E-state index < -0.39 is 20.2 Å². The van der Waals surface area contributed by atoms with Gasteiger partial charge in [0.15, 0.2) is 0 Å². The SMILES string of the molecule is Cc1cc(S(=O)(=O)[O-])ccc1-c1ccc(S(=O)(=O)[O-])cc1C. The van der Waals surface area contributed by atoms with E-state index >= 15 is 0 Å². The summed E-state index contributed by atoms with van der Waals surface area (Å²) in [5.41, 5.74) is 2.41. The van der Waals surface area contributed by atoms with Crippen LogP contribution in [0.2, 0.25) is 0 Å². The van der Waals surface area contributed by atoms with Crippen molar-refractivity contribution in [3.63, 3.8) is 0 Å². The zero-order valence-corrected chi connectivity index (χ0v) is 13.4. The summed E-state index contributed by atoms with van der Waals surface area (Å²) in [4.78, 5) is -0.657. The number of hydrogen-bond donors (Lipinski definition) is 0. The predicted octanol–water partition coefficient (Wildman–Crippen LogP) is 1.78. The van der Waals surface area contributed by atoms with Crippen LogP contribution < -0.4 is 0 Å². The quantitative estimate of drug-likeness (QED) is 0.787. The number of aryl methyl sites for hydroxylation is 2. The van der Waals surface area contributed by atoms with Gasteiger partial charge in [0, 0.05) is 0 Å². The normalized spacial score (nSPS) is 12.4. The van der Waals surface area contributed by atoms with Gasteiger partial charge in [0.05, 0.1) is 9.79 Å². The summed E-state index contributed by atoms with van der Waals surface area (Å²) in [5.74, 6) is 0. The highest BCUT2D eigenvalue weighted by molar-refractivity contribution is 7.86. The Kier molecular flexibility index (Phi) is 4.14. The van der Waals surface area contributed by atoms with Gasteiger partial charge in [-0.25, -0.2) is 16.8 Å². The molecule has 0 amide bonds. The molecule has 0 aliphatic carbocycles. The van der Waals surface area contributed by atoms with Crippen molar-refractivity contribution in [1.29, 1.82) is 0 Å². The summed E-state index contributed by atoms with van der Waals surface area (Å²) in [5, 5.41) is 0. The molecule has 2 rings (SSSR count). The van der Waals surface area contributed by atoms with Crippen molar-refractivity contribution in [3.8, 4) is 11.1 Å². The van der Waals surface area contributed by atoms with E-state index in [-0.39, 0.29) is 9.79 Å². The van der Waals surface area contributed by atoms with Gasteiger partial charge < -0.3 is 9.11 Å². The maximum atomic E-state index is 11.0. The molecular formula is C14H12O6S2-2. The molecule has 2 aromatic rings. The molecule has 8 heteroatoms. The minimum atomic E-state index is -4.53. The maximum Gasteiger partial charge on any atom is 0.124 e. The third-order valence-corrected chi connectivity index (χ3v) is 4.93. The molecule has 0 atom stereocenters. The fraction of sp³-hybridized carbons (Fsp3) is 0.143. The van der Waals surface area contributed by atoms with E-state index in [1.54, 1.807) is 13.8 Å². The Hall–Kier alpha value is -1.74. The Labute approximate surface area is 128 Å². The summed E-state index contributed by atoms with van der Waals surface area (Å²) in [6.07, 6.45) is 0. The van der Waals surface area contributed by atoms with Crippen molar-refractivity contribution < 1.29 is 25.9 Å². The smallest absolute Gasteiger partial charge is 0.124 e. The maximum absolute atomic E-state index is 11.0. The molecule has 0 fully saturated rings. The van der Waals surface area contributed by atoms with Gasteiger partial charge in [0.1, 0.15) is 20.2 Å². The second-order valence-corrected chi connectivity index (χ2v) is 7.62. The first-order chi connectivity index (χ1) is 10.00. The van der Waals surface area contributed by atoms with Crippen LogP contribution in [0.4, 0.5) is 0 Å². The Balaban J connectivity index is 2.59. The van der Waals surface area contributed by atoms with E-state index in [4.69, 9.17) is 0 Å². The first-order valence-electron chi connectivity index (χ1n) is 6.13. The molecule has 0 spiro atoms. The molecule has 0 saturated heterocycles. The molecule has 0 saturated carbocycles. The average Bonchev–Trinajstić information content (AvgIpc) is 2.37. The molecule has 0 bridgehead atoms. The molecule has 0 aromatic heterocycles. The van der Waals surface area contributed by atoms with E-state index in [0.717, 1.165) is 0 Å². The summed E-state index contributed by atoms with van der Waals surface area (Å²) in [7, 11) is -9.06. The Bertz CT molecular complexity index is 864. The van der Waals surface area contributed by atoms with Gasteiger partial charge in [-0.3, -0.25) is 0 Å². The molecule has 0 N–H and O–H groups in total. The Morgan fingerprint density at radius 3 is 1.23 bits per heavy atom. The monoisotopic (exact) mass is 340 g/mol. The van der Waals surface area contributed by atoms with Gasteiger partial charge in [-0.05, 0) is 60.4 Å². The molecular weight excluding hydrogens is 328 g/mol. The standard InChI is InChI=1S/C14H14O6S2/c1-9-7-11(21(15,16)17)3-5-13(9)14-6-4-12(8-10(14)2)22(18,19)20/h3-8H,1-2H3,(H,15,16,17)(H,18,19,20)/p-2. The summed E-state index contributed by atoms with van der Waals surface area (Å²) >= 11 is 0. The Morgan fingerprint density at radius 2 is 1.00 bits per heavy atom. The molecule has 0 unspecified atom stereocenters. The lowest BCUT2D eigenvalue weighted by atomic mass is 9.97. The second kappa shape index (κ2) is 5.47. The third-order valence-electron chi connectivity index (χ3n) is 3.26. The fourth-order valence-electron chi connectivity index (χ4n) is 2.19. The van der Waals surface area contributed by atoms with E-state index in [2.05, 4.69) is 0 Å². The molecule has 22 heavy (non-hydrogen) atoms. The first kappa shape index (κ1) is 16.6. The van der Waals surface area contributed by atoms with Crippen LogP contribution >= 0.6 is 0 Å². The summed E-state index contributed by atoms with van der Waals surface area (Å²) < 4.78 is 66.0. The molecule has 0 heterocycles. The van der Waals surface area contributed by atoms with Gasteiger partial charge in [-0.2, -0.15) is 0 Å².